The molecule has 0 aromatic heterocycles. The molecule has 0 saturated heterocycles. The number of esters is 1. The van der Waals surface area contributed by atoms with Crippen molar-refractivity contribution >= 4 is 5.97 Å². The lowest BCUT2D eigenvalue weighted by Crippen LogP contribution is -2.14. The maximum Gasteiger partial charge on any atom is 0.313 e. The Morgan fingerprint density at radius 1 is 1.16 bits per heavy atom. The number of unbranched alkanes of at least 4 members (excludes halogenated alkanes) is 1. The lowest BCUT2D eigenvalue weighted by Gasteiger charge is -2.16. The number of carbonyl (C=O) groups is 1. The normalized spacial score (nSPS) is 11.8. The lowest BCUT2D eigenvalue weighted by molar-refractivity contribution is -0.142. The maximum atomic E-state index is 11.9. The zero-order valence-electron chi connectivity index (χ0n) is 12.1. The summed E-state index contributed by atoms with van der Waals surface area (Å²) in [5.41, 5.74) is 0.901. The van der Waals surface area contributed by atoms with E-state index in [-0.39, 0.29) is 11.9 Å². The second-order valence-electron chi connectivity index (χ2n) is 4.33. The Balaban J connectivity index is 3.04. The van der Waals surface area contributed by atoms with Gasteiger partial charge >= 0.3 is 5.97 Å². The Morgan fingerprint density at radius 2 is 1.84 bits per heavy atom. The van der Waals surface area contributed by atoms with E-state index in [1.807, 2.05) is 18.2 Å². The van der Waals surface area contributed by atoms with Crippen molar-refractivity contribution in [3.63, 3.8) is 0 Å². The molecule has 19 heavy (non-hydrogen) atoms. The predicted molar refractivity (Wildman–Crippen MR) is 73.8 cm³/mol. The molecule has 1 aromatic carbocycles. The van der Waals surface area contributed by atoms with Gasteiger partial charge in [-0.05, 0) is 24.1 Å². The molecule has 0 fully saturated rings. The van der Waals surface area contributed by atoms with Crippen LogP contribution in [-0.4, -0.2) is 27.3 Å². The van der Waals surface area contributed by atoms with E-state index in [0.29, 0.717) is 11.5 Å². The standard InChI is InChI=1S/C15H22O4/c1-5-6-7-12(15(16)19-4)11-8-9-13(17-2)14(10-11)18-3/h8-10,12H,5-7H2,1-4H3. The summed E-state index contributed by atoms with van der Waals surface area (Å²) in [7, 11) is 4.59. The first-order valence-electron chi connectivity index (χ1n) is 6.47. The third kappa shape index (κ3) is 3.88. The van der Waals surface area contributed by atoms with Crippen LogP contribution in [0.1, 0.15) is 37.7 Å². The fraction of sp³-hybridized carbons (Fsp3) is 0.533. The predicted octanol–water partition coefficient (Wildman–Crippen LogP) is 3.15. The number of carbonyl (C=O) groups excluding carboxylic acids is 1. The zero-order valence-corrected chi connectivity index (χ0v) is 12.1. The van der Waals surface area contributed by atoms with Gasteiger partial charge in [0.1, 0.15) is 0 Å². The van der Waals surface area contributed by atoms with Crippen LogP contribution in [0.15, 0.2) is 18.2 Å². The molecular formula is C15H22O4. The van der Waals surface area contributed by atoms with E-state index in [1.54, 1.807) is 14.2 Å². The minimum absolute atomic E-state index is 0.208. The second kappa shape index (κ2) is 7.67. The van der Waals surface area contributed by atoms with Gasteiger partial charge in [0.15, 0.2) is 11.5 Å². The van der Waals surface area contributed by atoms with Crippen LogP contribution in [0, 0.1) is 0 Å². The molecule has 1 unspecified atom stereocenters. The fourth-order valence-corrected chi connectivity index (χ4v) is 2.04. The van der Waals surface area contributed by atoms with E-state index in [2.05, 4.69) is 6.92 Å². The van der Waals surface area contributed by atoms with Crippen molar-refractivity contribution in [3.05, 3.63) is 23.8 Å². The first-order chi connectivity index (χ1) is 9.17. The zero-order chi connectivity index (χ0) is 14.3. The first kappa shape index (κ1) is 15.3. The molecule has 0 amide bonds. The van der Waals surface area contributed by atoms with E-state index in [9.17, 15) is 4.79 Å². The van der Waals surface area contributed by atoms with Gasteiger partial charge < -0.3 is 14.2 Å². The third-order valence-electron chi connectivity index (χ3n) is 3.14. The quantitative estimate of drug-likeness (QED) is 0.711. The molecule has 0 spiro atoms. The van der Waals surface area contributed by atoms with Crippen molar-refractivity contribution in [3.8, 4) is 11.5 Å². The number of hydrogen-bond acceptors (Lipinski definition) is 4. The molecule has 0 radical (unpaired) electrons. The Bertz CT molecular complexity index is 415. The summed E-state index contributed by atoms with van der Waals surface area (Å²) in [6.45, 7) is 2.10. The van der Waals surface area contributed by atoms with Crippen LogP contribution in [-0.2, 0) is 9.53 Å². The average molecular weight is 266 g/mol. The van der Waals surface area contributed by atoms with Crippen LogP contribution in [0.5, 0.6) is 11.5 Å². The van der Waals surface area contributed by atoms with E-state index in [0.717, 1.165) is 24.8 Å². The molecule has 1 rings (SSSR count). The summed E-state index contributed by atoms with van der Waals surface area (Å²) in [4.78, 5) is 11.9. The highest BCUT2D eigenvalue weighted by Gasteiger charge is 2.22. The van der Waals surface area contributed by atoms with Crippen LogP contribution in [0.2, 0.25) is 0 Å². The largest absolute Gasteiger partial charge is 0.493 e. The van der Waals surface area contributed by atoms with Gasteiger partial charge in [-0.15, -0.1) is 0 Å². The van der Waals surface area contributed by atoms with Gasteiger partial charge in [0.25, 0.3) is 0 Å². The van der Waals surface area contributed by atoms with Crippen molar-refractivity contribution in [1.82, 2.24) is 0 Å². The minimum atomic E-state index is -0.246. The monoisotopic (exact) mass is 266 g/mol. The molecule has 0 bridgehead atoms. The van der Waals surface area contributed by atoms with Gasteiger partial charge in [-0.1, -0.05) is 25.8 Å². The summed E-state index contributed by atoms with van der Waals surface area (Å²) in [5, 5.41) is 0. The Labute approximate surface area is 114 Å². The summed E-state index contributed by atoms with van der Waals surface area (Å²) >= 11 is 0. The molecule has 0 N–H and O–H groups in total. The maximum absolute atomic E-state index is 11.9. The first-order valence-corrected chi connectivity index (χ1v) is 6.47. The van der Waals surface area contributed by atoms with Crippen LogP contribution in [0.3, 0.4) is 0 Å². The molecule has 0 saturated carbocycles. The smallest absolute Gasteiger partial charge is 0.313 e. The minimum Gasteiger partial charge on any atom is -0.493 e. The molecular weight excluding hydrogens is 244 g/mol. The topological polar surface area (TPSA) is 44.8 Å². The van der Waals surface area contributed by atoms with Crippen LogP contribution in [0.4, 0.5) is 0 Å². The van der Waals surface area contributed by atoms with Crippen molar-refractivity contribution in [1.29, 1.82) is 0 Å². The van der Waals surface area contributed by atoms with Crippen LogP contribution < -0.4 is 9.47 Å². The van der Waals surface area contributed by atoms with E-state index in [1.165, 1.54) is 7.11 Å². The lowest BCUT2D eigenvalue weighted by atomic mass is 9.93. The third-order valence-corrected chi connectivity index (χ3v) is 3.14. The molecule has 106 valence electrons. The van der Waals surface area contributed by atoms with Crippen LogP contribution in [0.25, 0.3) is 0 Å². The Kier molecular flexibility index (Phi) is 6.19. The van der Waals surface area contributed by atoms with E-state index >= 15 is 0 Å². The fourth-order valence-electron chi connectivity index (χ4n) is 2.04. The number of hydrogen-bond donors (Lipinski definition) is 0. The molecule has 0 heterocycles. The van der Waals surface area contributed by atoms with Crippen LogP contribution >= 0.6 is 0 Å². The highest BCUT2D eigenvalue weighted by Crippen LogP contribution is 2.32. The van der Waals surface area contributed by atoms with Gasteiger partial charge in [-0.25, -0.2) is 0 Å². The molecule has 4 heteroatoms. The Hall–Kier alpha value is -1.71. The SMILES string of the molecule is CCCCC(C(=O)OC)c1ccc(OC)c(OC)c1. The summed E-state index contributed by atoms with van der Waals surface area (Å²) in [6.07, 6.45) is 2.80. The second-order valence-corrected chi connectivity index (χ2v) is 4.33. The summed E-state index contributed by atoms with van der Waals surface area (Å²) < 4.78 is 15.3. The molecule has 4 nitrogen and oxygen atoms in total. The molecule has 0 aliphatic carbocycles. The highest BCUT2D eigenvalue weighted by molar-refractivity contribution is 5.78. The van der Waals surface area contributed by atoms with Gasteiger partial charge in [-0.2, -0.15) is 0 Å². The van der Waals surface area contributed by atoms with E-state index in [4.69, 9.17) is 14.2 Å². The molecule has 1 aromatic rings. The Morgan fingerprint density at radius 3 is 2.37 bits per heavy atom. The van der Waals surface area contributed by atoms with Crippen molar-refractivity contribution in [2.75, 3.05) is 21.3 Å². The number of benzene rings is 1. The summed E-state index contributed by atoms with van der Waals surface area (Å²) in [5.74, 6) is 0.834. The number of rotatable bonds is 7. The van der Waals surface area contributed by atoms with Crippen molar-refractivity contribution in [2.45, 2.75) is 32.1 Å². The highest BCUT2D eigenvalue weighted by atomic mass is 16.5. The van der Waals surface area contributed by atoms with Gasteiger partial charge in [0.2, 0.25) is 0 Å². The molecule has 0 aliphatic rings. The average Bonchev–Trinajstić information content (AvgIpc) is 2.46. The molecule has 1 atom stereocenters. The van der Waals surface area contributed by atoms with Gasteiger partial charge in [0.05, 0.1) is 27.2 Å². The van der Waals surface area contributed by atoms with Gasteiger partial charge in [-0.3, -0.25) is 4.79 Å². The number of ether oxygens (including phenoxy) is 3. The number of methoxy groups -OCH3 is 3. The van der Waals surface area contributed by atoms with E-state index < -0.39 is 0 Å². The van der Waals surface area contributed by atoms with Crippen molar-refractivity contribution < 1.29 is 19.0 Å². The summed E-state index contributed by atoms with van der Waals surface area (Å²) in [6, 6.07) is 5.55. The van der Waals surface area contributed by atoms with Crippen molar-refractivity contribution in [2.24, 2.45) is 0 Å². The van der Waals surface area contributed by atoms with Gasteiger partial charge in [0, 0.05) is 0 Å². The molecule has 0 aliphatic heterocycles.